The Morgan fingerprint density at radius 3 is 2.79 bits per heavy atom. The first-order valence-corrected chi connectivity index (χ1v) is 11.1. The minimum absolute atomic E-state index is 0.101. The number of thioether (sulfide) groups is 1. The van der Waals surface area contributed by atoms with Gasteiger partial charge in [-0.2, -0.15) is 5.26 Å². The van der Waals surface area contributed by atoms with Gasteiger partial charge in [-0.05, 0) is 45.1 Å². The molecule has 0 radical (unpaired) electrons. The van der Waals surface area contributed by atoms with Crippen molar-refractivity contribution in [3.8, 4) is 6.07 Å². The summed E-state index contributed by atoms with van der Waals surface area (Å²) in [5.74, 6) is -0.0998. The number of nitrogens with zero attached hydrogens (tertiary/aromatic N) is 3. The lowest BCUT2D eigenvalue weighted by Crippen LogP contribution is -2.45. The van der Waals surface area contributed by atoms with Gasteiger partial charge in [0.25, 0.3) is 5.56 Å². The second-order valence-corrected chi connectivity index (χ2v) is 9.19. The molecule has 0 aromatic carbocycles. The smallest absolute Gasteiger partial charge is 0.263 e. The molecule has 2 heterocycles. The fourth-order valence-corrected chi connectivity index (χ4v) is 5.37. The molecule has 0 atom stereocenters. The first-order valence-electron chi connectivity index (χ1n) is 9.25. The Bertz CT molecular complexity index is 984. The maximum atomic E-state index is 13.0. The molecule has 0 saturated heterocycles. The number of thiophene rings is 1. The molecule has 3 rings (SSSR count). The third kappa shape index (κ3) is 4.09. The molecule has 1 amide bonds. The Morgan fingerprint density at radius 1 is 1.43 bits per heavy atom. The van der Waals surface area contributed by atoms with Crippen LogP contribution in [0.25, 0.3) is 10.2 Å². The predicted octanol–water partition coefficient (Wildman–Crippen LogP) is 2.77. The van der Waals surface area contributed by atoms with E-state index in [1.165, 1.54) is 23.1 Å². The van der Waals surface area contributed by atoms with E-state index in [1.54, 1.807) is 11.7 Å². The van der Waals surface area contributed by atoms with E-state index in [1.807, 2.05) is 13.8 Å². The average Bonchev–Trinajstić information content (AvgIpc) is 3.24. The Morgan fingerprint density at radius 2 is 2.14 bits per heavy atom. The molecule has 1 saturated carbocycles. The lowest BCUT2D eigenvalue weighted by molar-refractivity contribution is -0.119. The number of rotatable bonds is 7. The number of amides is 1. The monoisotopic (exact) mass is 420 g/mol. The van der Waals surface area contributed by atoms with Crippen LogP contribution in [0.3, 0.4) is 0 Å². The van der Waals surface area contributed by atoms with E-state index in [0.29, 0.717) is 41.4 Å². The van der Waals surface area contributed by atoms with Gasteiger partial charge in [-0.3, -0.25) is 14.2 Å². The van der Waals surface area contributed by atoms with Gasteiger partial charge < -0.3 is 10.1 Å². The van der Waals surface area contributed by atoms with Crippen LogP contribution in [0.5, 0.6) is 0 Å². The number of nitriles is 1. The van der Waals surface area contributed by atoms with Crippen molar-refractivity contribution < 1.29 is 9.53 Å². The van der Waals surface area contributed by atoms with Crippen LogP contribution < -0.4 is 10.9 Å². The summed E-state index contributed by atoms with van der Waals surface area (Å²) in [6, 6.07) is 2.26. The lowest BCUT2D eigenvalue weighted by atomic mass is 10.0. The summed E-state index contributed by atoms with van der Waals surface area (Å²) in [4.78, 5) is 31.9. The zero-order chi connectivity index (χ0) is 20.3. The summed E-state index contributed by atoms with van der Waals surface area (Å²) in [5, 5.41) is 13.5. The van der Waals surface area contributed by atoms with Gasteiger partial charge >= 0.3 is 0 Å². The summed E-state index contributed by atoms with van der Waals surface area (Å²) < 4.78 is 6.72. The molecule has 28 heavy (non-hydrogen) atoms. The van der Waals surface area contributed by atoms with Gasteiger partial charge in [0.2, 0.25) is 5.91 Å². The summed E-state index contributed by atoms with van der Waals surface area (Å²) in [7, 11) is 1.58. The molecule has 0 aliphatic heterocycles. The fraction of sp³-hybridized carbons (Fsp3) is 0.579. The number of aromatic nitrogens is 2. The minimum Gasteiger partial charge on any atom is -0.383 e. The molecule has 0 bridgehead atoms. The third-order valence-electron chi connectivity index (χ3n) is 5.16. The van der Waals surface area contributed by atoms with E-state index in [4.69, 9.17) is 4.74 Å². The maximum Gasteiger partial charge on any atom is 0.263 e. The summed E-state index contributed by atoms with van der Waals surface area (Å²) >= 11 is 2.71. The van der Waals surface area contributed by atoms with Crippen LogP contribution in [-0.4, -0.2) is 40.5 Å². The number of carbonyl (C=O) groups excluding carboxylic acids is 1. The maximum absolute atomic E-state index is 13.0. The highest BCUT2D eigenvalue weighted by Gasteiger charge is 2.35. The van der Waals surface area contributed by atoms with Crippen LogP contribution in [0.4, 0.5) is 0 Å². The fourth-order valence-electron chi connectivity index (χ4n) is 3.47. The van der Waals surface area contributed by atoms with Gasteiger partial charge in [-0.15, -0.1) is 11.3 Å². The Kier molecular flexibility index (Phi) is 6.43. The number of methoxy groups -OCH3 is 1. The van der Waals surface area contributed by atoms with Crippen molar-refractivity contribution in [1.82, 2.24) is 14.9 Å². The number of nitrogens with one attached hydrogen (secondary N) is 1. The van der Waals surface area contributed by atoms with E-state index in [9.17, 15) is 14.9 Å². The highest BCUT2D eigenvalue weighted by Crippen LogP contribution is 2.30. The van der Waals surface area contributed by atoms with Crippen LogP contribution in [0.2, 0.25) is 0 Å². The molecule has 7 nitrogen and oxygen atoms in total. The Balaban J connectivity index is 1.84. The lowest BCUT2D eigenvalue weighted by Gasteiger charge is -2.21. The molecule has 1 aliphatic carbocycles. The Labute approximate surface area is 172 Å². The van der Waals surface area contributed by atoms with Gasteiger partial charge in [-0.25, -0.2) is 4.98 Å². The van der Waals surface area contributed by atoms with E-state index >= 15 is 0 Å². The van der Waals surface area contributed by atoms with E-state index in [-0.39, 0.29) is 17.2 Å². The zero-order valence-electron chi connectivity index (χ0n) is 16.3. The highest BCUT2D eigenvalue weighted by atomic mass is 32.2. The predicted molar refractivity (Wildman–Crippen MR) is 111 cm³/mol. The van der Waals surface area contributed by atoms with Gasteiger partial charge in [0.15, 0.2) is 5.16 Å². The van der Waals surface area contributed by atoms with Gasteiger partial charge in [-0.1, -0.05) is 11.8 Å². The second kappa shape index (κ2) is 8.64. The molecule has 1 fully saturated rings. The normalized spacial score (nSPS) is 15.6. The van der Waals surface area contributed by atoms with E-state index in [2.05, 4.69) is 16.4 Å². The van der Waals surface area contributed by atoms with Crippen LogP contribution in [0.1, 0.15) is 36.1 Å². The van der Waals surface area contributed by atoms with Crippen molar-refractivity contribution in [2.24, 2.45) is 0 Å². The SMILES string of the molecule is COCCn1c(SCC(=O)NC2(C#N)CCCC2)nc2sc(C)c(C)c2c1=O. The van der Waals surface area contributed by atoms with Crippen molar-refractivity contribution in [3.05, 3.63) is 20.8 Å². The van der Waals surface area contributed by atoms with Crippen LogP contribution in [-0.2, 0) is 16.1 Å². The van der Waals surface area contributed by atoms with E-state index in [0.717, 1.165) is 23.3 Å². The van der Waals surface area contributed by atoms with Crippen molar-refractivity contribution in [3.63, 3.8) is 0 Å². The number of ether oxygens (including phenoxy) is 1. The standard InChI is InChI=1S/C19H24N4O3S2/c1-12-13(2)28-16-15(12)17(25)23(8-9-26-3)18(21-16)27-10-14(24)22-19(11-20)6-4-5-7-19/h4-10H2,1-3H3,(H,22,24). The van der Waals surface area contributed by atoms with Gasteiger partial charge in [0.1, 0.15) is 10.4 Å². The van der Waals surface area contributed by atoms with E-state index < -0.39 is 5.54 Å². The van der Waals surface area contributed by atoms with Crippen LogP contribution in [0, 0.1) is 25.2 Å². The first-order chi connectivity index (χ1) is 13.4. The largest absolute Gasteiger partial charge is 0.383 e. The number of fused-ring (bicyclic) bond motifs is 1. The minimum atomic E-state index is -0.743. The number of hydrogen-bond acceptors (Lipinski definition) is 7. The number of hydrogen-bond donors (Lipinski definition) is 1. The van der Waals surface area contributed by atoms with Gasteiger partial charge in [0.05, 0.1) is 30.4 Å². The second-order valence-electron chi connectivity index (χ2n) is 7.05. The molecular formula is C19H24N4O3S2. The summed E-state index contributed by atoms with van der Waals surface area (Å²) in [6.45, 7) is 4.66. The summed E-state index contributed by atoms with van der Waals surface area (Å²) in [5.41, 5.74) is 0.110. The highest BCUT2D eigenvalue weighted by molar-refractivity contribution is 7.99. The van der Waals surface area contributed by atoms with Crippen LogP contribution in [0.15, 0.2) is 9.95 Å². The molecule has 9 heteroatoms. The first kappa shape index (κ1) is 20.8. The molecule has 1 aliphatic rings. The number of carbonyl (C=O) groups is 1. The van der Waals surface area contributed by atoms with Gasteiger partial charge in [0, 0.05) is 12.0 Å². The quantitative estimate of drug-likeness (QED) is 0.546. The summed E-state index contributed by atoms with van der Waals surface area (Å²) in [6.07, 6.45) is 3.28. The molecule has 0 spiro atoms. The van der Waals surface area contributed by atoms with Crippen molar-refractivity contribution in [2.45, 2.75) is 56.8 Å². The zero-order valence-corrected chi connectivity index (χ0v) is 18.0. The average molecular weight is 421 g/mol. The molecule has 0 unspecified atom stereocenters. The molecule has 150 valence electrons. The third-order valence-corrected chi connectivity index (χ3v) is 7.23. The molecule has 2 aromatic heterocycles. The topological polar surface area (TPSA) is 97.0 Å². The number of aryl methyl sites for hydroxylation is 2. The van der Waals surface area contributed by atoms with Crippen molar-refractivity contribution >= 4 is 39.2 Å². The Hall–Kier alpha value is -1.89. The molecular weight excluding hydrogens is 396 g/mol. The van der Waals surface area contributed by atoms with Crippen molar-refractivity contribution in [2.75, 3.05) is 19.5 Å². The van der Waals surface area contributed by atoms with Crippen molar-refractivity contribution in [1.29, 1.82) is 5.26 Å². The molecule has 2 aromatic rings. The molecule has 1 N–H and O–H groups in total. The van der Waals surface area contributed by atoms with Crippen LogP contribution >= 0.6 is 23.1 Å².